The molecule has 4 heteroatoms. The van der Waals surface area contributed by atoms with Gasteiger partial charge in [-0.1, -0.05) is 17.7 Å². The van der Waals surface area contributed by atoms with Crippen LogP contribution in [0.4, 0.5) is 5.82 Å². The van der Waals surface area contributed by atoms with Gasteiger partial charge in [-0.2, -0.15) is 0 Å². The van der Waals surface area contributed by atoms with Gasteiger partial charge < -0.3 is 5.73 Å². The van der Waals surface area contributed by atoms with E-state index in [-0.39, 0.29) is 0 Å². The molecule has 1 aliphatic rings. The van der Waals surface area contributed by atoms with Gasteiger partial charge in [-0.25, -0.2) is 9.97 Å². The third-order valence-corrected chi connectivity index (χ3v) is 2.98. The Morgan fingerprint density at radius 1 is 1.27 bits per heavy atom. The summed E-state index contributed by atoms with van der Waals surface area (Å²) in [5.74, 6) is 1.87. The molecule has 0 aliphatic heterocycles. The van der Waals surface area contributed by atoms with Crippen LogP contribution in [-0.2, 0) is 0 Å². The molecule has 1 aliphatic carbocycles. The second-order valence-corrected chi connectivity index (χ2v) is 4.28. The van der Waals surface area contributed by atoms with Crippen molar-refractivity contribution in [3.8, 4) is 0 Å². The molecule has 0 bridgehead atoms. The van der Waals surface area contributed by atoms with Gasteiger partial charge in [0.05, 0.1) is 15.9 Å². The van der Waals surface area contributed by atoms with Crippen LogP contribution in [0.3, 0.4) is 0 Å². The van der Waals surface area contributed by atoms with E-state index in [0.29, 0.717) is 16.8 Å². The van der Waals surface area contributed by atoms with Gasteiger partial charge in [-0.15, -0.1) is 0 Å². The standard InChI is InChI=1S/C11H10ClN3/c12-7-2-1-3-8-9(7)10(13)15-11(14-8)6-4-5-6/h1-3,6H,4-5H2,(H2,13,14,15). The lowest BCUT2D eigenvalue weighted by molar-refractivity contribution is 0.952. The number of halogens is 1. The van der Waals surface area contributed by atoms with Crippen LogP contribution >= 0.6 is 11.6 Å². The molecular formula is C11H10ClN3. The molecule has 0 amide bonds. The quantitative estimate of drug-likeness (QED) is 0.803. The van der Waals surface area contributed by atoms with Crippen LogP contribution < -0.4 is 5.73 Å². The van der Waals surface area contributed by atoms with Crippen molar-refractivity contribution in [2.75, 3.05) is 5.73 Å². The number of hydrogen-bond acceptors (Lipinski definition) is 3. The summed E-state index contributed by atoms with van der Waals surface area (Å²) in [6.07, 6.45) is 2.34. The predicted octanol–water partition coefficient (Wildman–Crippen LogP) is 2.74. The molecule has 1 saturated carbocycles. The smallest absolute Gasteiger partial charge is 0.136 e. The van der Waals surface area contributed by atoms with Gasteiger partial charge in [0.25, 0.3) is 0 Å². The third kappa shape index (κ3) is 1.43. The molecule has 76 valence electrons. The fraction of sp³-hybridized carbons (Fsp3) is 0.273. The minimum absolute atomic E-state index is 0.493. The van der Waals surface area contributed by atoms with Crippen molar-refractivity contribution < 1.29 is 0 Å². The average Bonchev–Trinajstić information content (AvgIpc) is 3.00. The highest BCUT2D eigenvalue weighted by Crippen LogP contribution is 2.39. The summed E-state index contributed by atoms with van der Waals surface area (Å²) >= 11 is 6.05. The van der Waals surface area contributed by atoms with Gasteiger partial charge in [-0.3, -0.25) is 0 Å². The molecule has 0 radical (unpaired) electrons. The lowest BCUT2D eigenvalue weighted by Gasteiger charge is -2.05. The van der Waals surface area contributed by atoms with Gasteiger partial charge in [-0.05, 0) is 25.0 Å². The van der Waals surface area contributed by atoms with Crippen LogP contribution in [0, 0.1) is 0 Å². The van der Waals surface area contributed by atoms with Crippen LogP contribution in [0.1, 0.15) is 24.6 Å². The van der Waals surface area contributed by atoms with Crippen molar-refractivity contribution >= 4 is 28.3 Å². The molecule has 0 spiro atoms. The lowest BCUT2D eigenvalue weighted by Crippen LogP contribution is -2.00. The molecule has 0 saturated heterocycles. The number of hydrogen-bond donors (Lipinski definition) is 1. The van der Waals surface area contributed by atoms with Gasteiger partial charge in [0.1, 0.15) is 11.6 Å². The number of nitrogen functional groups attached to an aromatic ring is 1. The molecule has 3 nitrogen and oxygen atoms in total. The molecule has 1 aromatic heterocycles. The van der Waals surface area contributed by atoms with Crippen molar-refractivity contribution in [2.45, 2.75) is 18.8 Å². The van der Waals surface area contributed by atoms with E-state index in [4.69, 9.17) is 17.3 Å². The fourth-order valence-corrected chi connectivity index (χ4v) is 1.98. The van der Waals surface area contributed by atoms with Gasteiger partial charge >= 0.3 is 0 Å². The largest absolute Gasteiger partial charge is 0.383 e. The van der Waals surface area contributed by atoms with Crippen molar-refractivity contribution in [1.82, 2.24) is 9.97 Å². The number of anilines is 1. The number of aromatic nitrogens is 2. The van der Waals surface area contributed by atoms with E-state index in [1.165, 1.54) is 12.8 Å². The van der Waals surface area contributed by atoms with E-state index in [9.17, 15) is 0 Å². The summed E-state index contributed by atoms with van der Waals surface area (Å²) in [7, 11) is 0. The van der Waals surface area contributed by atoms with E-state index in [2.05, 4.69) is 9.97 Å². The first-order valence-electron chi connectivity index (χ1n) is 4.97. The van der Waals surface area contributed by atoms with E-state index in [0.717, 1.165) is 16.7 Å². The maximum absolute atomic E-state index is 6.05. The molecule has 2 aromatic rings. The number of nitrogens with zero attached hydrogens (tertiary/aromatic N) is 2. The fourth-order valence-electron chi connectivity index (χ4n) is 1.71. The third-order valence-electron chi connectivity index (χ3n) is 2.66. The number of rotatable bonds is 1. The second kappa shape index (κ2) is 3.07. The van der Waals surface area contributed by atoms with Crippen LogP contribution in [0.15, 0.2) is 18.2 Å². The summed E-state index contributed by atoms with van der Waals surface area (Å²) in [5.41, 5.74) is 6.73. The molecule has 0 atom stereocenters. The zero-order valence-corrected chi connectivity index (χ0v) is 8.83. The summed E-state index contributed by atoms with van der Waals surface area (Å²) in [6, 6.07) is 5.61. The van der Waals surface area contributed by atoms with Crippen LogP contribution in [0.5, 0.6) is 0 Å². The van der Waals surface area contributed by atoms with Crippen LogP contribution in [-0.4, -0.2) is 9.97 Å². The van der Waals surface area contributed by atoms with Gasteiger partial charge in [0.15, 0.2) is 0 Å². The summed E-state index contributed by atoms with van der Waals surface area (Å²) < 4.78 is 0. The highest BCUT2D eigenvalue weighted by atomic mass is 35.5. The monoisotopic (exact) mass is 219 g/mol. The first kappa shape index (κ1) is 8.92. The van der Waals surface area contributed by atoms with Gasteiger partial charge in [0.2, 0.25) is 0 Å². The highest BCUT2D eigenvalue weighted by Gasteiger charge is 2.27. The summed E-state index contributed by atoms with van der Waals surface area (Å²) in [6.45, 7) is 0. The Bertz CT molecular complexity index is 535. The zero-order valence-electron chi connectivity index (χ0n) is 8.07. The van der Waals surface area contributed by atoms with Crippen molar-refractivity contribution in [1.29, 1.82) is 0 Å². The van der Waals surface area contributed by atoms with Crippen molar-refractivity contribution in [3.05, 3.63) is 29.0 Å². The van der Waals surface area contributed by atoms with E-state index < -0.39 is 0 Å². The van der Waals surface area contributed by atoms with E-state index in [1.807, 2.05) is 12.1 Å². The van der Waals surface area contributed by atoms with Crippen LogP contribution in [0.25, 0.3) is 10.9 Å². The Morgan fingerprint density at radius 3 is 2.80 bits per heavy atom. The molecule has 1 fully saturated rings. The normalized spacial score (nSPS) is 15.8. The van der Waals surface area contributed by atoms with E-state index >= 15 is 0 Å². The van der Waals surface area contributed by atoms with Gasteiger partial charge in [0, 0.05) is 5.92 Å². The first-order valence-corrected chi connectivity index (χ1v) is 5.35. The first-order chi connectivity index (χ1) is 7.25. The highest BCUT2D eigenvalue weighted by molar-refractivity contribution is 6.36. The maximum atomic E-state index is 6.05. The molecule has 0 unspecified atom stereocenters. The molecule has 1 heterocycles. The maximum Gasteiger partial charge on any atom is 0.136 e. The minimum atomic E-state index is 0.493. The Kier molecular flexibility index (Phi) is 1.83. The molecule has 2 N–H and O–H groups in total. The molecular weight excluding hydrogens is 210 g/mol. The minimum Gasteiger partial charge on any atom is -0.383 e. The second-order valence-electron chi connectivity index (χ2n) is 3.88. The molecule has 15 heavy (non-hydrogen) atoms. The summed E-state index contributed by atoms with van der Waals surface area (Å²) in [4.78, 5) is 8.79. The Hall–Kier alpha value is -1.35. The lowest BCUT2D eigenvalue weighted by atomic mass is 10.2. The molecule has 3 rings (SSSR count). The zero-order chi connectivity index (χ0) is 10.4. The predicted molar refractivity (Wildman–Crippen MR) is 60.9 cm³/mol. The van der Waals surface area contributed by atoms with Crippen molar-refractivity contribution in [3.63, 3.8) is 0 Å². The Labute approximate surface area is 92.3 Å². The number of fused-ring (bicyclic) bond motifs is 1. The van der Waals surface area contributed by atoms with Crippen LogP contribution in [0.2, 0.25) is 5.02 Å². The SMILES string of the molecule is Nc1nc(C2CC2)nc2cccc(Cl)c12. The van der Waals surface area contributed by atoms with E-state index in [1.54, 1.807) is 6.07 Å². The summed E-state index contributed by atoms with van der Waals surface area (Å²) in [5, 5.41) is 1.39. The Balaban J connectivity index is 2.31. The topological polar surface area (TPSA) is 51.8 Å². The Morgan fingerprint density at radius 2 is 2.07 bits per heavy atom. The van der Waals surface area contributed by atoms with Crippen molar-refractivity contribution in [2.24, 2.45) is 0 Å². The number of nitrogens with two attached hydrogens (primary N) is 1. The average molecular weight is 220 g/mol. The number of benzene rings is 1. The molecule has 1 aromatic carbocycles.